The molecular weight excluding hydrogens is 444 g/mol. The predicted molar refractivity (Wildman–Crippen MR) is 112 cm³/mol. The van der Waals surface area contributed by atoms with E-state index in [1.165, 1.54) is 4.31 Å². The van der Waals surface area contributed by atoms with Crippen LogP contribution in [-0.4, -0.2) is 32.6 Å². The Morgan fingerprint density at radius 3 is 2.46 bits per heavy atom. The van der Waals surface area contributed by atoms with Gasteiger partial charge in [-0.3, -0.25) is 0 Å². The molecule has 0 aromatic heterocycles. The van der Waals surface area contributed by atoms with Gasteiger partial charge in [0, 0.05) is 25.7 Å². The quantitative estimate of drug-likeness (QED) is 0.632. The molecule has 152 valence electrons. The van der Waals surface area contributed by atoms with E-state index >= 15 is 0 Å². The van der Waals surface area contributed by atoms with Crippen molar-refractivity contribution in [2.24, 2.45) is 0 Å². The molecule has 1 aliphatic rings. The van der Waals surface area contributed by atoms with Crippen molar-refractivity contribution in [3.63, 3.8) is 0 Å². The molecule has 1 unspecified atom stereocenters. The summed E-state index contributed by atoms with van der Waals surface area (Å²) in [5.41, 5.74) is 2.10. The third kappa shape index (κ3) is 4.35. The lowest BCUT2D eigenvalue weighted by Gasteiger charge is -2.19. The minimum atomic E-state index is -3.43. The second-order valence-corrected chi connectivity index (χ2v) is 9.36. The average Bonchev–Trinajstić information content (AvgIpc) is 3.16. The second kappa shape index (κ2) is 8.82. The Hall–Kier alpha value is -1.61. The van der Waals surface area contributed by atoms with Crippen molar-refractivity contribution in [3.05, 3.63) is 52.0 Å². The van der Waals surface area contributed by atoms with Gasteiger partial charge >= 0.3 is 0 Å². The van der Waals surface area contributed by atoms with Crippen LogP contribution in [0.25, 0.3) is 0 Å². The van der Waals surface area contributed by atoms with E-state index in [0.717, 1.165) is 27.1 Å². The van der Waals surface area contributed by atoms with Crippen LogP contribution in [0.5, 0.6) is 11.5 Å². The number of rotatable bonds is 8. The van der Waals surface area contributed by atoms with E-state index in [9.17, 15) is 8.42 Å². The molecule has 1 N–H and O–H groups in total. The van der Waals surface area contributed by atoms with Gasteiger partial charge < -0.3 is 14.8 Å². The van der Waals surface area contributed by atoms with E-state index in [1.54, 1.807) is 12.1 Å². The van der Waals surface area contributed by atoms with Gasteiger partial charge in [0.2, 0.25) is 16.8 Å². The van der Waals surface area contributed by atoms with Gasteiger partial charge in [-0.2, -0.15) is 4.31 Å². The van der Waals surface area contributed by atoms with Crippen molar-refractivity contribution in [2.45, 2.75) is 38.3 Å². The summed E-state index contributed by atoms with van der Waals surface area (Å²) in [5, 5.41) is 3.46. The first-order chi connectivity index (χ1) is 13.4. The molecular formula is C20H25BrN2O4S. The molecule has 2 aromatic carbocycles. The molecule has 0 fully saturated rings. The Kier molecular flexibility index (Phi) is 6.65. The lowest BCUT2D eigenvalue weighted by molar-refractivity contribution is 0.173. The molecule has 3 rings (SSSR count). The molecule has 6 nitrogen and oxygen atoms in total. The Morgan fingerprint density at radius 2 is 1.82 bits per heavy atom. The Labute approximate surface area is 175 Å². The number of fused-ring (bicyclic) bond motifs is 1. The number of benzene rings is 2. The number of nitrogens with zero attached hydrogens (tertiary/aromatic N) is 1. The predicted octanol–water partition coefficient (Wildman–Crippen LogP) is 4.06. The van der Waals surface area contributed by atoms with Gasteiger partial charge in [-0.15, -0.1) is 0 Å². The normalized spacial score (nSPS) is 14.5. The summed E-state index contributed by atoms with van der Waals surface area (Å²) >= 11 is 3.51. The molecule has 0 amide bonds. The van der Waals surface area contributed by atoms with Crippen LogP contribution in [0.2, 0.25) is 0 Å². The van der Waals surface area contributed by atoms with Crippen LogP contribution in [-0.2, 0) is 16.6 Å². The zero-order valence-electron chi connectivity index (χ0n) is 16.2. The van der Waals surface area contributed by atoms with Crippen molar-refractivity contribution in [3.8, 4) is 11.5 Å². The summed E-state index contributed by atoms with van der Waals surface area (Å²) in [7, 11) is -3.43. The molecule has 0 saturated heterocycles. The first-order valence-electron chi connectivity index (χ1n) is 9.28. The van der Waals surface area contributed by atoms with E-state index in [2.05, 4.69) is 28.2 Å². The maximum atomic E-state index is 12.6. The van der Waals surface area contributed by atoms with Gasteiger partial charge in [-0.1, -0.05) is 26.0 Å². The van der Waals surface area contributed by atoms with Crippen LogP contribution in [0.15, 0.2) is 45.8 Å². The van der Waals surface area contributed by atoms with Gasteiger partial charge in [0.15, 0.2) is 11.5 Å². The second-order valence-electron chi connectivity index (χ2n) is 6.57. The Morgan fingerprint density at radius 1 is 1.14 bits per heavy atom. The molecule has 2 aromatic rings. The summed E-state index contributed by atoms with van der Waals surface area (Å²) < 4.78 is 38.4. The van der Waals surface area contributed by atoms with Gasteiger partial charge in [-0.25, -0.2) is 8.42 Å². The van der Waals surface area contributed by atoms with Crippen molar-refractivity contribution >= 4 is 26.0 Å². The summed E-state index contributed by atoms with van der Waals surface area (Å²) in [6, 6.07) is 11.1. The van der Waals surface area contributed by atoms with Gasteiger partial charge in [0.05, 0.1) is 9.37 Å². The highest BCUT2D eigenvalue weighted by Gasteiger charge is 2.22. The number of sulfonamides is 1. The first kappa shape index (κ1) is 21.1. The zero-order chi connectivity index (χ0) is 20.3. The highest BCUT2D eigenvalue weighted by Crippen LogP contribution is 2.40. The standard InChI is InChI=1S/C20H25BrN2O4S/c1-4-23(5-2)28(24,25)17-8-6-16(7-9-17)14(3)22-12-15-10-18(21)20-19(11-15)26-13-27-20/h6-11,14,22H,4-5,12-13H2,1-3H3. The van der Waals surface area contributed by atoms with Crippen molar-refractivity contribution in [1.82, 2.24) is 9.62 Å². The molecule has 0 bridgehead atoms. The highest BCUT2D eigenvalue weighted by atomic mass is 79.9. The molecule has 0 aliphatic carbocycles. The molecule has 0 spiro atoms. The maximum absolute atomic E-state index is 12.6. The number of ether oxygens (including phenoxy) is 2. The topological polar surface area (TPSA) is 67.9 Å². The Bertz CT molecular complexity index is 928. The van der Waals surface area contributed by atoms with Gasteiger partial charge in [0.25, 0.3) is 0 Å². The van der Waals surface area contributed by atoms with Crippen LogP contribution in [0.4, 0.5) is 0 Å². The maximum Gasteiger partial charge on any atom is 0.243 e. The zero-order valence-corrected chi connectivity index (χ0v) is 18.6. The van der Waals surface area contributed by atoms with Crippen LogP contribution in [0.1, 0.15) is 37.9 Å². The van der Waals surface area contributed by atoms with Crippen molar-refractivity contribution in [1.29, 1.82) is 0 Å². The summed E-state index contributed by atoms with van der Waals surface area (Å²) in [4.78, 5) is 0.326. The Balaban J connectivity index is 1.67. The lowest BCUT2D eigenvalue weighted by atomic mass is 10.1. The molecule has 0 radical (unpaired) electrons. The molecule has 28 heavy (non-hydrogen) atoms. The van der Waals surface area contributed by atoms with Crippen LogP contribution in [0.3, 0.4) is 0 Å². The van der Waals surface area contributed by atoms with Crippen molar-refractivity contribution in [2.75, 3.05) is 19.9 Å². The van der Waals surface area contributed by atoms with Gasteiger partial charge in [0.1, 0.15) is 0 Å². The van der Waals surface area contributed by atoms with E-state index in [4.69, 9.17) is 9.47 Å². The van der Waals surface area contributed by atoms with Crippen LogP contribution >= 0.6 is 15.9 Å². The minimum Gasteiger partial charge on any atom is -0.454 e. The smallest absolute Gasteiger partial charge is 0.243 e. The molecule has 1 atom stereocenters. The molecule has 1 aliphatic heterocycles. The summed E-state index contributed by atoms with van der Waals surface area (Å²) in [6.45, 7) is 7.55. The highest BCUT2D eigenvalue weighted by molar-refractivity contribution is 9.10. The molecule has 1 heterocycles. The average molecular weight is 469 g/mol. The van der Waals surface area contributed by atoms with E-state index in [-0.39, 0.29) is 12.8 Å². The molecule has 0 saturated carbocycles. The fraction of sp³-hybridized carbons (Fsp3) is 0.400. The number of hydrogen-bond acceptors (Lipinski definition) is 5. The monoisotopic (exact) mass is 468 g/mol. The number of halogens is 1. The third-order valence-electron chi connectivity index (χ3n) is 4.82. The van der Waals surface area contributed by atoms with E-state index in [1.807, 2.05) is 38.1 Å². The van der Waals surface area contributed by atoms with Crippen molar-refractivity contribution < 1.29 is 17.9 Å². The van der Waals surface area contributed by atoms with E-state index in [0.29, 0.717) is 24.5 Å². The minimum absolute atomic E-state index is 0.0643. The van der Waals surface area contributed by atoms with Crippen LogP contribution in [0, 0.1) is 0 Å². The van der Waals surface area contributed by atoms with E-state index < -0.39 is 10.0 Å². The fourth-order valence-electron chi connectivity index (χ4n) is 3.15. The largest absolute Gasteiger partial charge is 0.454 e. The SMILES string of the molecule is CCN(CC)S(=O)(=O)c1ccc(C(C)NCc2cc(Br)c3c(c2)OCO3)cc1. The molecule has 8 heteroatoms. The number of hydrogen-bond donors (Lipinski definition) is 1. The number of nitrogens with one attached hydrogen (secondary N) is 1. The third-order valence-corrected chi connectivity index (χ3v) is 7.48. The fourth-order valence-corrected chi connectivity index (χ4v) is 5.21. The summed E-state index contributed by atoms with van der Waals surface area (Å²) in [6.07, 6.45) is 0. The van der Waals surface area contributed by atoms with Crippen LogP contribution < -0.4 is 14.8 Å². The lowest BCUT2D eigenvalue weighted by Crippen LogP contribution is -2.30. The summed E-state index contributed by atoms with van der Waals surface area (Å²) in [5.74, 6) is 1.48. The van der Waals surface area contributed by atoms with Gasteiger partial charge in [-0.05, 0) is 58.2 Å². The first-order valence-corrected chi connectivity index (χ1v) is 11.5.